The maximum atomic E-state index is 12.8. The van der Waals surface area contributed by atoms with E-state index in [1.807, 2.05) is 4.57 Å². The molecule has 2 fully saturated rings. The smallest absolute Gasteiger partial charge is 0.224 e. The molecule has 3 aliphatic rings. The molecule has 1 aromatic carbocycles. The van der Waals surface area contributed by atoms with Crippen molar-refractivity contribution in [3.05, 3.63) is 46.0 Å². The molecule has 1 amide bonds. The largest absolute Gasteiger partial charge is 0.354 e. The van der Waals surface area contributed by atoms with Gasteiger partial charge in [-0.2, -0.15) is 5.10 Å². The highest BCUT2D eigenvalue weighted by Gasteiger charge is 2.59. The van der Waals surface area contributed by atoms with Crippen molar-refractivity contribution in [1.29, 1.82) is 0 Å². The molecule has 1 spiro atoms. The van der Waals surface area contributed by atoms with E-state index in [9.17, 15) is 4.79 Å². The van der Waals surface area contributed by atoms with E-state index < -0.39 is 0 Å². The highest BCUT2D eigenvalue weighted by molar-refractivity contribution is 7.71. The third-order valence-electron chi connectivity index (χ3n) is 6.38. The van der Waals surface area contributed by atoms with Crippen molar-refractivity contribution in [1.82, 2.24) is 20.1 Å². The highest BCUT2D eigenvalue weighted by Crippen LogP contribution is 2.60. The molecule has 6 heteroatoms. The molecule has 5 rings (SSSR count). The molecule has 2 N–H and O–H groups in total. The summed E-state index contributed by atoms with van der Waals surface area (Å²) in [6.45, 7) is 1.31. The zero-order chi connectivity index (χ0) is 17.7. The van der Waals surface area contributed by atoms with Gasteiger partial charge in [0.05, 0.1) is 0 Å². The summed E-state index contributed by atoms with van der Waals surface area (Å²) in [5, 5.41) is 10.4. The predicted octanol–water partition coefficient (Wildman–Crippen LogP) is 3.23. The van der Waals surface area contributed by atoms with Crippen LogP contribution < -0.4 is 5.32 Å². The van der Waals surface area contributed by atoms with Crippen LogP contribution >= 0.6 is 12.2 Å². The quantitative estimate of drug-likeness (QED) is 0.797. The molecule has 0 unspecified atom stereocenters. The Hall–Kier alpha value is -1.95. The van der Waals surface area contributed by atoms with Gasteiger partial charge in [0.2, 0.25) is 5.91 Å². The van der Waals surface area contributed by atoms with Crippen molar-refractivity contribution in [2.24, 2.45) is 5.92 Å². The lowest BCUT2D eigenvalue weighted by Crippen LogP contribution is -2.32. The minimum absolute atomic E-state index is 0.101. The van der Waals surface area contributed by atoms with Crippen LogP contribution in [0.4, 0.5) is 0 Å². The topological polar surface area (TPSA) is 62.7 Å². The average molecular weight is 369 g/mol. The molecule has 5 nitrogen and oxygen atoms in total. The van der Waals surface area contributed by atoms with Gasteiger partial charge >= 0.3 is 0 Å². The Kier molecular flexibility index (Phi) is 3.78. The number of fused-ring (bicyclic) bond motifs is 2. The Bertz CT molecular complexity index is 913. The number of carbonyl (C=O) groups excluding carboxylic acids is 1. The minimum atomic E-state index is 0.101. The van der Waals surface area contributed by atoms with Gasteiger partial charge in [-0.15, -0.1) is 0 Å². The fourth-order valence-corrected chi connectivity index (χ4v) is 5.02. The molecular weight excluding hydrogens is 344 g/mol. The first-order valence-electron chi connectivity index (χ1n) is 9.70. The third kappa shape index (κ3) is 2.62. The van der Waals surface area contributed by atoms with Crippen molar-refractivity contribution in [3.8, 4) is 0 Å². The number of aromatic nitrogens is 3. The number of benzene rings is 1. The van der Waals surface area contributed by atoms with Gasteiger partial charge < -0.3 is 9.88 Å². The number of aryl methyl sites for hydroxylation is 1. The number of carbonyl (C=O) groups is 1. The van der Waals surface area contributed by atoms with E-state index in [1.54, 1.807) is 0 Å². The molecule has 3 aliphatic carbocycles. The normalized spacial score (nSPS) is 26.5. The maximum absolute atomic E-state index is 12.8. The van der Waals surface area contributed by atoms with Crippen molar-refractivity contribution in [2.45, 2.75) is 56.4 Å². The molecule has 0 aliphatic heterocycles. The first-order valence-corrected chi connectivity index (χ1v) is 10.1. The van der Waals surface area contributed by atoms with Crippen LogP contribution in [0.1, 0.15) is 55.0 Å². The van der Waals surface area contributed by atoms with Crippen LogP contribution in [0.15, 0.2) is 24.3 Å². The summed E-state index contributed by atoms with van der Waals surface area (Å²) >= 11 is 5.34. The predicted molar refractivity (Wildman–Crippen MR) is 102 cm³/mol. The fourth-order valence-electron chi connectivity index (χ4n) is 4.79. The number of H-pyrrole nitrogens is 1. The molecule has 26 heavy (non-hydrogen) atoms. The minimum Gasteiger partial charge on any atom is -0.354 e. The molecule has 0 saturated heterocycles. The average Bonchev–Trinajstić information content (AvgIpc) is 3.57. The molecule has 0 radical (unpaired) electrons. The second kappa shape index (κ2) is 6.05. The van der Waals surface area contributed by atoms with E-state index in [1.165, 1.54) is 30.4 Å². The Labute approximate surface area is 158 Å². The van der Waals surface area contributed by atoms with Crippen LogP contribution in [0.3, 0.4) is 0 Å². The van der Waals surface area contributed by atoms with Gasteiger partial charge in [-0.05, 0) is 61.9 Å². The molecule has 2 saturated carbocycles. The zero-order valence-corrected chi connectivity index (χ0v) is 15.6. The maximum Gasteiger partial charge on any atom is 0.224 e. The van der Waals surface area contributed by atoms with Crippen molar-refractivity contribution < 1.29 is 4.79 Å². The standard InChI is InChI=1S/C20H24N4OS/c25-18(21-10-11-24-17(14-7-8-14)22-23-19(24)26)16-12-20(16)9-3-5-13-4-1-2-6-15(13)20/h1-2,4,6,14,16H,3,5,7-12H2,(H,21,25)(H,23,26)/t16-,20-/m0/s1. The summed E-state index contributed by atoms with van der Waals surface area (Å²) in [6, 6.07) is 8.68. The summed E-state index contributed by atoms with van der Waals surface area (Å²) in [5.41, 5.74) is 2.96. The van der Waals surface area contributed by atoms with Crippen molar-refractivity contribution in [2.75, 3.05) is 6.54 Å². The van der Waals surface area contributed by atoms with Gasteiger partial charge in [-0.1, -0.05) is 24.3 Å². The summed E-state index contributed by atoms with van der Waals surface area (Å²) in [4.78, 5) is 12.8. The van der Waals surface area contributed by atoms with E-state index in [-0.39, 0.29) is 17.2 Å². The number of hydrogen-bond acceptors (Lipinski definition) is 3. The summed E-state index contributed by atoms with van der Waals surface area (Å²) in [7, 11) is 0. The fraction of sp³-hybridized carbons (Fsp3) is 0.550. The van der Waals surface area contributed by atoms with Gasteiger partial charge in [0.1, 0.15) is 5.82 Å². The lowest BCUT2D eigenvalue weighted by atomic mass is 9.78. The van der Waals surface area contributed by atoms with Crippen LogP contribution in [-0.4, -0.2) is 27.2 Å². The number of nitrogens with one attached hydrogen (secondary N) is 2. The van der Waals surface area contributed by atoms with Crippen molar-refractivity contribution >= 4 is 18.1 Å². The zero-order valence-electron chi connectivity index (χ0n) is 14.8. The van der Waals surface area contributed by atoms with E-state index >= 15 is 0 Å². The van der Waals surface area contributed by atoms with Crippen LogP contribution in [-0.2, 0) is 23.2 Å². The third-order valence-corrected chi connectivity index (χ3v) is 6.69. The van der Waals surface area contributed by atoms with Crippen LogP contribution in [0.2, 0.25) is 0 Å². The number of hydrogen-bond donors (Lipinski definition) is 2. The molecule has 1 heterocycles. The van der Waals surface area contributed by atoms with Crippen molar-refractivity contribution in [3.63, 3.8) is 0 Å². The Morgan fingerprint density at radius 2 is 2.23 bits per heavy atom. The molecule has 0 bridgehead atoms. The summed E-state index contributed by atoms with van der Waals surface area (Å²) in [5.74, 6) is 1.92. The number of rotatable bonds is 5. The first kappa shape index (κ1) is 16.2. The molecular formula is C20H24N4OS. The number of nitrogens with zero attached hydrogens (tertiary/aromatic N) is 2. The highest BCUT2D eigenvalue weighted by atomic mass is 32.1. The van der Waals surface area contributed by atoms with Gasteiger partial charge in [-0.3, -0.25) is 9.89 Å². The van der Waals surface area contributed by atoms with Gasteiger partial charge in [0, 0.05) is 30.3 Å². The molecule has 1 aromatic heterocycles. The van der Waals surface area contributed by atoms with Gasteiger partial charge in [0.25, 0.3) is 0 Å². The van der Waals surface area contributed by atoms with Gasteiger partial charge in [-0.25, -0.2) is 0 Å². The van der Waals surface area contributed by atoms with E-state index in [4.69, 9.17) is 12.2 Å². The van der Waals surface area contributed by atoms with Crippen LogP contribution in [0, 0.1) is 10.7 Å². The Balaban J connectivity index is 1.23. The van der Waals surface area contributed by atoms with E-state index in [0.29, 0.717) is 23.8 Å². The number of amides is 1. The second-order valence-corrected chi connectivity index (χ2v) is 8.41. The summed E-state index contributed by atoms with van der Waals surface area (Å²) < 4.78 is 2.71. The Morgan fingerprint density at radius 3 is 3.08 bits per heavy atom. The second-order valence-electron chi connectivity index (χ2n) is 8.03. The van der Waals surface area contributed by atoms with E-state index in [2.05, 4.69) is 39.8 Å². The first-order chi connectivity index (χ1) is 12.7. The van der Waals surface area contributed by atoms with Gasteiger partial charge in [0.15, 0.2) is 4.77 Å². The van der Waals surface area contributed by atoms with Crippen LogP contribution in [0.5, 0.6) is 0 Å². The monoisotopic (exact) mass is 368 g/mol. The molecule has 2 aromatic rings. The lowest BCUT2D eigenvalue weighted by molar-refractivity contribution is -0.122. The Morgan fingerprint density at radius 1 is 1.38 bits per heavy atom. The summed E-state index contributed by atoms with van der Waals surface area (Å²) in [6.07, 6.45) is 6.85. The van der Waals surface area contributed by atoms with E-state index in [0.717, 1.165) is 25.1 Å². The van der Waals surface area contributed by atoms with Crippen LogP contribution in [0.25, 0.3) is 0 Å². The molecule has 136 valence electrons. The molecule has 2 atom stereocenters. The number of aromatic amines is 1. The SMILES string of the molecule is O=C(NCCn1c(C2CC2)n[nH]c1=S)[C@@H]1C[C@]12CCCc1ccccc12. The lowest BCUT2D eigenvalue weighted by Gasteiger charge is -2.26.